The largest absolute Gasteiger partial charge is 0.450 e. The summed E-state index contributed by atoms with van der Waals surface area (Å²) in [6.07, 6.45) is 2.66. The van der Waals surface area contributed by atoms with Crippen molar-refractivity contribution in [3.05, 3.63) is 70.1 Å². The number of aromatic amines is 1. The fourth-order valence-electron chi connectivity index (χ4n) is 4.26. The van der Waals surface area contributed by atoms with Crippen molar-refractivity contribution in [3.63, 3.8) is 0 Å². The number of rotatable bonds is 1. The number of likely N-dealkylation sites (tertiary alicyclic amines) is 1. The molecule has 142 valence electrons. The van der Waals surface area contributed by atoms with Crippen LogP contribution in [0.3, 0.4) is 0 Å². The van der Waals surface area contributed by atoms with Crippen molar-refractivity contribution in [2.24, 2.45) is 0 Å². The van der Waals surface area contributed by atoms with Gasteiger partial charge in [0, 0.05) is 53.6 Å². The lowest BCUT2D eigenvalue weighted by Crippen LogP contribution is -2.45. The lowest BCUT2D eigenvalue weighted by molar-refractivity contribution is -0.0389. The Labute approximate surface area is 165 Å². The molecule has 5 nitrogen and oxygen atoms in total. The van der Waals surface area contributed by atoms with Crippen molar-refractivity contribution in [2.45, 2.75) is 18.4 Å². The second kappa shape index (κ2) is 6.07. The lowest BCUT2D eigenvalue weighted by atomic mass is 9.83. The number of aromatic nitrogens is 1. The second-order valence-electron chi connectivity index (χ2n) is 7.26. The van der Waals surface area contributed by atoms with Crippen molar-refractivity contribution in [2.75, 3.05) is 13.1 Å². The Morgan fingerprint density at radius 1 is 1.18 bits per heavy atom. The predicted octanol–water partition coefficient (Wildman–Crippen LogP) is 4.26. The minimum absolute atomic E-state index is 0.0768. The zero-order valence-corrected chi connectivity index (χ0v) is 15.6. The van der Waals surface area contributed by atoms with Crippen LogP contribution in [0, 0.1) is 5.82 Å². The summed E-state index contributed by atoms with van der Waals surface area (Å²) in [4.78, 5) is 30.1. The van der Waals surface area contributed by atoms with Crippen molar-refractivity contribution in [3.8, 4) is 0 Å². The topological polar surface area (TPSA) is 62.4 Å². The SMILES string of the molecule is O=C1OC2(CCN(C(=O)c3c[nH]c4cc(Cl)ccc34)CC2)c2ccc(F)cc21. The molecule has 1 aromatic heterocycles. The van der Waals surface area contributed by atoms with Crippen LogP contribution in [0.4, 0.5) is 4.39 Å². The van der Waals surface area contributed by atoms with Gasteiger partial charge in [0.25, 0.3) is 5.91 Å². The van der Waals surface area contributed by atoms with Crippen molar-refractivity contribution in [1.82, 2.24) is 9.88 Å². The molecule has 1 N–H and O–H groups in total. The Morgan fingerprint density at radius 3 is 2.75 bits per heavy atom. The normalized spacial score (nSPS) is 17.8. The van der Waals surface area contributed by atoms with Crippen LogP contribution >= 0.6 is 11.6 Å². The number of nitrogens with zero attached hydrogens (tertiary/aromatic N) is 1. The summed E-state index contributed by atoms with van der Waals surface area (Å²) in [6, 6.07) is 9.56. The van der Waals surface area contributed by atoms with Crippen LogP contribution in [0.5, 0.6) is 0 Å². The van der Waals surface area contributed by atoms with E-state index >= 15 is 0 Å². The second-order valence-corrected chi connectivity index (χ2v) is 7.69. The number of esters is 1. The average Bonchev–Trinajstić information content (AvgIpc) is 3.21. The van der Waals surface area contributed by atoms with Gasteiger partial charge >= 0.3 is 5.97 Å². The first-order chi connectivity index (χ1) is 13.5. The number of halogens is 2. The highest BCUT2D eigenvalue weighted by Crippen LogP contribution is 2.44. The zero-order valence-electron chi connectivity index (χ0n) is 14.8. The molecule has 2 aliphatic heterocycles. The fraction of sp³-hybridized carbons (Fsp3) is 0.238. The maximum Gasteiger partial charge on any atom is 0.339 e. The summed E-state index contributed by atoms with van der Waals surface area (Å²) in [5, 5.41) is 1.43. The molecule has 0 atom stereocenters. The molecule has 0 saturated carbocycles. The predicted molar refractivity (Wildman–Crippen MR) is 102 cm³/mol. The van der Waals surface area contributed by atoms with Crippen LogP contribution in [0.1, 0.15) is 39.1 Å². The first kappa shape index (κ1) is 17.3. The van der Waals surface area contributed by atoms with Gasteiger partial charge in [-0.2, -0.15) is 0 Å². The van der Waals surface area contributed by atoms with E-state index in [1.807, 2.05) is 6.07 Å². The summed E-state index contributed by atoms with van der Waals surface area (Å²) in [5.74, 6) is -1.03. The Morgan fingerprint density at radius 2 is 1.96 bits per heavy atom. The van der Waals surface area contributed by atoms with Gasteiger partial charge in [0.15, 0.2) is 0 Å². The van der Waals surface area contributed by atoms with E-state index < -0.39 is 17.4 Å². The Kier molecular flexibility index (Phi) is 3.74. The third kappa shape index (κ3) is 2.52. The van der Waals surface area contributed by atoms with E-state index in [1.54, 1.807) is 29.3 Å². The molecule has 28 heavy (non-hydrogen) atoms. The molecule has 1 spiro atoms. The third-order valence-corrected chi connectivity index (χ3v) is 5.95. The van der Waals surface area contributed by atoms with Gasteiger partial charge in [-0.3, -0.25) is 4.79 Å². The fourth-order valence-corrected chi connectivity index (χ4v) is 4.43. The molecule has 0 aliphatic carbocycles. The van der Waals surface area contributed by atoms with Gasteiger partial charge in [-0.25, -0.2) is 9.18 Å². The van der Waals surface area contributed by atoms with E-state index in [-0.39, 0.29) is 11.5 Å². The molecular formula is C21H16ClFN2O3. The summed E-state index contributed by atoms with van der Waals surface area (Å²) >= 11 is 6.01. The lowest BCUT2D eigenvalue weighted by Gasteiger charge is -2.38. The average molecular weight is 399 g/mol. The number of hydrogen-bond donors (Lipinski definition) is 1. The van der Waals surface area contributed by atoms with Crippen molar-refractivity contribution >= 4 is 34.4 Å². The van der Waals surface area contributed by atoms with E-state index in [0.29, 0.717) is 42.1 Å². The van der Waals surface area contributed by atoms with Crippen LogP contribution in [0.2, 0.25) is 5.02 Å². The maximum atomic E-state index is 13.5. The minimum Gasteiger partial charge on any atom is -0.450 e. The molecule has 3 aromatic rings. The molecule has 0 bridgehead atoms. The molecule has 7 heteroatoms. The van der Waals surface area contributed by atoms with Gasteiger partial charge in [-0.05, 0) is 24.3 Å². The van der Waals surface area contributed by atoms with Crippen molar-refractivity contribution < 1.29 is 18.7 Å². The van der Waals surface area contributed by atoms with Gasteiger partial charge in [0.2, 0.25) is 0 Å². The monoisotopic (exact) mass is 398 g/mol. The number of carbonyl (C=O) groups excluding carboxylic acids is 2. The van der Waals surface area contributed by atoms with E-state index in [0.717, 1.165) is 10.9 Å². The van der Waals surface area contributed by atoms with Gasteiger partial charge in [0.1, 0.15) is 11.4 Å². The summed E-state index contributed by atoms with van der Waals surface area (Å²) in [7, 11) is 0. The molecule has 0 unspecified atom stereocenters. The quantitative estimate of drug-likeness (QED) is 0.623. The summed E-state index contributed by atoms with van der Waals surface area (Å²) in [6.45, 7) is 0.895. The Balaban J connectivity index is 1.39. The van der Waals surface area contributed by atoms with E-state index in [4.69, 9.17) is 16.3 Å². The summed E-state index contributed by atoms with van der Waals surface area (Å²) < 4.78 is 19.1. The summed E-state index contributed by atoms with van der Waals surface area (Å²) in [5.41, 5.74) is 1.63. The van der Waals surface area contributed by atoms with Gasteiger partial charge in [0.05, 0.1) is 11.1 Å². The number of nitrogens with one attached hydrogen (secondary N) is 1. The number of amides is 1. The Hall–Kier alpha value is -2.86. The van der Waals surface area contributed by atoms with Crippen molar-refractivity contribution in [1.29, 1.82) is 0 Å². The first-order valence-corrected chi connectivity index (χ1v) is 9.44. The van der Waals surface area contributed by atoms with Gasteiger partial charge < -0.3 is 14.6 Å². The highest BCUT2D eigenvalue weighted by atomic mass is 35.5. The number of fused-ring (bicyclic) bond motifs is 3. The standard InChI is InChI=1S/C21H16ClFN2O3/c22-12-1-3-14-16(11-24-18(14)9-12)19(26)25-7-5-21(6-8-25)17-4-2-13(23)10-15(17)20(27)28-21/h1-4,9-11,24H,5-8H2. The Bertz CT molecular complexity index is 1130. The highest BCUT2D eigenvalue weighted by molar-refractivity contribution is 6.31. The third-order valence-electron chi connectivity index (χ3n) is 5.71. The number of benzene rings is 2. The molecule has 2 aliphatic rings. The number of hydrogen-bond acceptors (Lipinski definition) is 3. The molecule has 5 rings (SSSR count). The van der Waals surface area contributed by atoms with E-state index in [1.165, 1.54) is 12.1 Å². The van der Waals surface area contributed by atoms with E-state index in [9.17, 15) is 14.0 Å². The highest BCUT2D eigenvalue weighted by Gasteiger charge is 2.48. The van der Waals surface area contributed by atoms with Gasteiger partial charge in [-0.15, -0.1) is 0 Å². The first-order valence-electron chi connectivity index (χ1n) is 9.06. The number of ether oxygens (including phenoxy) is 1. The van der Waals surface area contributed by atoms with Crippen LogP contribution in [-0.2, 0) is 10.3 Å². The molecule has 0 radical (unpaired) electrons. The van der Waals surface area contributed by atoms with Crippen LogP contribution in [-0.4, -0.2) is 34.8 Å². The van der Waals surface area contributed by atoms with Crippen LogP contribution in [0.25, 0.3) is 10.9 Å². The number of carbonyl (C=O) groups is 2. The number of H-pyrrole nitrogens is 1. The van der Waals surface area contributed by atoms with E-state index in [2.05, 4.69) is 4.98 Å². The smallest absolute Gasteiger partial charge is 0.339 e. The van der Waals surface area contributed by atoms with Crippen LogP contribution in [0.15, 0.2) is 42.6 Å². The van der Waals surface area contributed by atoms with Crippen LogP contribution < -0.4 is 0 Å². The maximum absolute atomic E-state index is 13.5. The molecule has 1 amide bonds. The number of piperidine rings is 1. The zero-order chi connectivity index (χ0) is 19.5. The molecule has 2 aromatic carbocycles. The molecular weight excluding hydrogens is 383 g/mol. The minimum atomic E-state index is -0.773. The molecule has 1 saturated heterocycles. The molecule has 1 fully saturated rings. The molecule has 3 heterocycles. The van der Waals surface area contributed by atoms with Gasteiger partial charge in [-0.1, -0.05) is 23.7 Å².